The van der Waals surface area contributed by atoms with Crippen LogP contribution in [0.1, 0.15) is 11.3 Å². The molecule has 0 amide bonds. The number of hydrogen-bond acceptors (Lipinski definition) is 1. The number of H-pyrrole nitrogens is 1. The Morgan fingerprint density at radius 1 is 1.00 bits per heavy atom. The fourth-order valence-electron chi connectivity index (χ4n) is 2.57. The van der Waals surface area contributed by atoms with Crippen LogP contribution in [-0.2, 0) is 0 Å². The van der Waals surface area contributed by atoms with Crippen molar-refractivity contribution in [2.45, 2.75) is 0 Å². The van der Waals surface area contributed by atoms with Gasteiger partial charge in [-0.15, -0.1) is 0 Å². The van der Waals surface area contributed by atoms with Gasteiger partial charge in [0.2, 0.25) is 0 Å². The first-order valence-corrected chi connectivity index (χ1v) is 8.12. The molecule has 0 unspecified atom stereocenters. The molecule has 0 radical (unpaired) electrons. The predicted molar refractivity (Wildman–Crippen MR) is 98.5 cm³/mol. The van der Waals surface area contributed by atoms with Gasteiger partial charge >= 0.3 is 0 Å². The smallest absolute Gasteiger partial charge is 0.0991 e. The molecule has 3 nitrogen and oxygen atoms in total. The minimum Gasteiger partial charge on any atom is -0.355 e. The maximum absolute atomic E-state index is 4.07. The van der Waals surface area contributed by atoms with E-state index < -0.39 is 0 Å². The van der Waals surface area contributed by atoms with Crippen molar-refractivity contribution in [1.82, 2.24) is 14.5 Å². The first-order chi connectivity index (χ1) is 11.3. The molecule has 2 aromatic heterocycles. The number of nitrogens with zero attached hydrogens (tertiary/aromatic N) is 2. The van der Waals surface area contributed by atoms with E-state index in [9.17, 15) is 0 Å². The summed E-state index contributed by atoms with van der Waals surface area (Å²) in [5.41, 5.74) is 4.50. The Labute approximate surface area is 142 Å². The Bertz CT molecular complexity index is 964. The highest BCUT2D eigenvalue weighted by Crippen LogP contribution is 2.21. The predicted octanol–water partition coefficient (Wildman–Crippen LogP) is 5.29. The molecular weight excluding hydrogens is 350 g/mol. The molecule has 2 aromatic carbocycles. The number of imidazole rings is 1. The number of fused-ring (bicyclic) bond motifs is 1. The Morgan fingerprint density at radius 2 is 1.87 bits per heavy atom. The molecule has 0 fully saturated rings. The van der Waals surface area contributed by atoms with Crippen molar-refractivity contribution in [3.8, 4) is 5.69 Å². The highest BCUT2D eigenvalue weighted by atomic mass is 79.9. The van der Waals surface area contributed by atoms with E-state index in [4.69, 9.17) is 0 Å². The third-order valence-electron chi connectivity index (χ3n) is 3.76. The van der Waals surface area contributed by atoms with E-state index >= 15 is 0 Å². The summed E-state index contributed by atoms with van der Waals surface area (Å²) in [4.78, 5) is 7.48. The number of nitrogens with one attached hydrogen (secondary N) is 1. The number of aromatic nitrogens is 3. The SMILES string of the molecule is Brc1ccc2cc(C=Cc3ccc(-n4ccnc4)cc3)[nH]c2c1. The van der Waals surface area contributed by atoms with Gasteiger partial charge in [-0.1, -0.05) is 40.2 Å². The second kappa shape index (κ2) is 5.89. The molecule has 4 rings (SSSR count). The van der Waals surface area contributed by atoms with Crippen molar-refractivity contribution >= 4 is 39.0 Å². The lowest BCUT2D eigenvalue weighted by Gasteiger charge is -2.01. The van der Waals surface area contributed by atoms with Gasteiger partial charge in [0.05, 0.1) is 6.33 Å². The highest BCUT2D eigenvalue weighted by molar-refractivity contribution is 9.10. The minimum absolute atomic E-state index is 1.08. The van der Waals surface area contributed by atoms with Crippen LogP contribution in [-0.4, -0.2) is 14.5 Å². The molecule has 4 aromatic rings. The molecular formula is C19H14BrN3. The maximum Gasteiger partial charge on any atom is 0.0991 e. The molecule has 0 saturated carbocycles. The van der Waals surface area contributed by atoms with Gasteiger partial charge in [0.25, 0.3) is 0 Å². The Kier molecular flexibility index (Phi) is 3.60. The van der Waals surface area contributed by atoms with Crippen LogP contribution in [0.2, 0.25) is 0 Å². The zero-order chi connectivity index (χ0) is 15.6. The van der Waals surface area contributed by atoms with Crippen molar-refractivity contribution in [3.63, 3.8) is 0 Å². The van der Waals surface area contributed by atoms with Gasteiger partial charge in [0, 0.05) is 39.2 Å². The van der Waals surface area contributed by atoms with Gasteiger partial charge in [-0.05, 0) is 42.0 Å². The number of aromatic amines is 1. The molecule has 112 valence electrons. The van der Waals surface area contributed by atoms with E-state index in [0.717, 1.165) is 26.9 Å². The fraction of sp³-hybridized carbons (Fsp3) is 0. The summed E-state index contributed by atoms with van der Waals surface area (Å²) >= 11 is 3.50. The number of rotatable bonds is 3. The van der Waals surface area contributed by atoms with E-state index in [1.807, 2.05) is 10.8 Å². The lowest BCUT2D eigenvalue weighted by molar-refractivity contribution is 1.06. The molecule has 0 aliphatic carbocycles. The normalized spacial score (nSPS) is 11.5. The molecule has 1 N–H and O–H groups in total. The van der Waals surface area contributed by atoms with Crippen molar-refractivity contribution < 1.29 is 0 Å². The monoisotopic (exact) mass is 363 g/mol. The zero-order valence-corrected chi connectivity index (χ0v) is 13.9. The first kappa shape index (κ1) is 14.0. The van der Waals surface area contributed by atoms with Crippen molar-refractivity contribution in [1.29, 1.82) is 0 Å². The van der Waals surface area contributed by atoms with Crippen LogP contribution in [0.4, 0.5) is 0 Å². The fourth-order valence-corrected chi connectivity index (χ4v) is 2.93. The summed E-state index contributed by atoms with van der Waals surface area (Å²) in [7, 11) is 0. The van der Waals surface area contributed by atoms with Gasteiger partial charge < -0.3 is 9.55 Å². The summed E-state index contributed by atoms with van der Waals surface area (Å²) < 4.78 is 3.07. The number of benzene rings is 2. The van der Waals surface area contributed by atoms with Crippen LogP contribution in [0.15, 0.2) is 71.7 Å². The van der Waals surface area contributed by atoms with Crippen LogP contribution in [0.25, 0.3) is 28.7 Å². The average molecular weight is 364 g/mol. The molecule has 23 heavy (non-hydrogen) atoms. The molecule has 0 bridgehead atoms. The Balaban J connectivity index is 1.57. The first-order valence-electron chi connectivity index (χ1n) is 7.33. The summed E-state index contributed by atoms with van der Waals surface area (Å²) in [6, 6.07) is 16.8. The van der Waals surface area contributed by atoms with Gasteiger partial charge in [0.1, 0.15) is 0 Å². The van der Waals surface area contributed by atoms with Crippen molar-refractivity contribution in [2.75, 3.05) is 0 Å². The quantitative estimate of drug-likeness (QED) is 0.527. The summed E-state index contributed by atoms with van der Waals surface area (Å²) in [6.45, 7) is 0. The standard InChI is InChI=1S/C19H14BrN3/c20-16-5-4-15-11-17(22-19(15)12-16)6-1-14-2-7-18(8-3-14)23-10-9-21-13-23/h1-13,22H. The minimum atomic E-state index is 1.08. The van der Waals surface area contributed by atoms with Gasteiger partial charge in [-0.2, -0.15) is 0 Å². The van der Waals surface area contributed by atoms with Gasteiger partial charge in [-0.25, -0.2) is 4.98 Å². The van der Waals surface area contributed by atoms with Crippen LogP contribution < -0.4 is 0 Å². The maximum atomic E-state index is 4.07. The van der Waals surface area contributed by atoms with E-state index in [0.29, 0.717) is 0 Å². The molecule has 0 aliphatic heterocycles. The van der Waals surface area contributed by atoms with Crippen molar-refractivity contribution in [2.24, 2.45) is 0 Å². The molecule has 0 saturated heterocycles. The third-order valence-corrected chi connectivity index (χ3v) is 4.25. The van der Waals surface area contributed by atoms with Crippen LogP contribution >= 0.6 is 15.9 Å². The lowest BCUT2D eigenvalue weighted by Crippen LogP contribution is -1.88. The second-order valence-electron chi connectivity index (χ2n) is 5.35. The zero-order valence-electron chi connectivity index (χ0n) is 12.3. The van der Waals surface area contributed by atoms with E-state index in [1.165, 1.54) is 5.39 Å². The summed E-state index contributed by atoms with van der Waals surface area (Å²) in [5, 5.41) is 1.21. The Morgan fingerprint density at radius 3 is 2.65 bits per heavy atom. The average Bonchev–Trinajstić information content (AvgIpc) is 3.22. The summed E-state index contributed by atoms with van der Waals surface area (Å²) in [6.07, 6.45) is 9.72. The summed E-state index contributed by atoms with van der Waals surface area (Å²) in [5.74, 6) is 0. The van der Waals surface area contributed by atoms with E-state index in [2.05, 4.69) is 86.6 Å². The topological polar surface area (TPSA) is 33.6 Å². The van der Waals surface area contributed by atoms with Crippen LogP contribution in [0, 0.1) is 0 Å². The third kappa shape index (κ3) is 2.98. The molecule has 0 spiro atoms. The van der Waals surface area contributed by atoms with Crippen LogP contribution in [0.3, 0.4) is 0 Å². The second-order valence-corrected chi connectivity index (χ2v) is 6.27. The Hall–Kier alpha value is -2.59. The lowest BCUT2D eigenvalue weighted by atomic mass is 10.2. The molecule has 0 aliphatic rings. The molecule has 2 heterocycles. The number of halogens is 1. The van der Waals surface area contributed by atoms with E-state index in [1.54, 1.807) is 12.5 Å². The van der Waals surface area contributed by atoms with Gasteiger partial charge in [0.15, 0.2) is 0 Å². The van der Waals surface area contributed by atoms with Crippen molar-refractivity contribution in [3.05, 3.63) is 83.0 Å². The highest BCUT2D eigenvalue weighted by Gasteiger charge is 1.99. The number of hydrogen-bond donors (Lipinski definition) is 1. The van der Waals surface area contributed by atoms with Gasteiger partial charge in [-0.3, -0.25) is 0 Å². The van der Waals surface area contributed by atoms with Crippen LogP contribution in [0.5, 0.6) is 0 Å². The molecule has 4 heteroatoms. The molecule has 0 atom stereocenters. The van der Waals surface area contributed by atoms with E-state index in [-0.39, 0.29) is 0 Å². The largest absolute Gasteiger partial charge is 0.355 e.